The van der Waals surface area contributed by atoms with Gasteiger partial charge in [-0.15, -0.1) is 0 Å². The zero-order chi connectivity index (χ0) is 24.3. The van der Waals surface area contributed by atoms with Crippen LogP contribution in [0.2, 0.25) is 0 Å². The van der Waals surface area contributed by atoms with Crippen molar-refractivity contribution in [3.05, 3.63) is 58.4 Å². The fourth-order valence-electron chi connectivity index (χ4n) is 3.26. The van der Waals surface area contributed by atoms with Crippen LogP contribution in [0.1, 0.15) is 22.9 Å². The maximum Gasteiger partial charge on any atom is 0.519 e. The molecule has 0 bridgehead atoms. The Bertz CT molecular complexity index is 1170. The molecule has 3 heterocycles. The maximum absolute atomic E-state index is 11.9. The Morgan fingerprint density at radius 2 is 2.15 bits per heavy atom. The Morgan fingerprint density at radius 1 is 1.42 bits per heavy atom. The van der Waals surface area contributed by atoms with Gasteiger partial charge in [0.2, 0.25) is 5.60 Å². The number of aromatic nitrogens is 1. The van der Waals surface area contributed by atoms with Gasteiger partial charge in [0, 0.05) is 6.20 Å². The summed E-state index contributed by atoms with van der Waals surface area (Å²) in [7, 11) is 0. The van der Waals surface area contributed by atoms with E-state index in [-0.39, 0.29) is 28.7 Å². The number of rotatable bonds is 7. The Kier molecular flexibility index (Phi) is 6.58. The molecule has 2 aromatic rings. The first-order valence-corrected chi connectivity index (χ1v) is 9.40. The molecule has 4 atom stereocenters. The summed E-state index contributed by atoms with van der Waals surface area (Å²) in [6.07, 6.45) is -4.67. The molecule has 176 valence electrons. The molecule has 33 heavy (non-hydrogen) atoms. The summed E-state index contributed by atoms with van der Waals surface area (Å²) in [5.74, 6) is 5.18. The number of aryl methyl sites for hydroxylation is 1. The molecule has 0 unspecified atom stereocenters. The minimum atomic E-state index is -2.10. The van der Waals surface area contributed by atoms with Gasteiger partial charge in [-0.05, 0) is 19.1 Å². The van der Waals surface area contributed by atoms with E-state index >= 15 is 0 Å². The third-order valence-electron chi connectivity index (χ3n) is 4.94. The molecule has 3 rings (SSSR count). The number of nitrogen functional groups attached to an aromatic ring is 1. The topological polar surface area (TPSA) is 222 Å². The molecule has 1 saturated heterocycles. The van der Waals surface area contributed by atoms with Crippen molar-refractivity contribution >= 4 is 12.0 Å². The lowest BCUT2D eigenvalue weighted by Gasteiger charge is -2.25. The highest BCUT2D eigenvalue weighted by atomic mass is 16.7. The second kappa shape index (κ2) is 9.20. The van der Waals surface area contributed by atoms with E-state index < -0.39 is 49.1 Å². The van der Waals surface area contributed by atoms with Gasteiger partial charge in [-0.25, -0.2) is 14.6 Å². The van der Waals surface area contributed by atoms with Crippen molar-refractivity contribution in [2.45, 2.75) is 37.4 Å². The number of ether oxygens (including phenoxy) is 3. The molecular weight excluding hydrogens is 442 g/mol. The number of carbonyl (C=O) groups is 1. The smallest absolute Gasteiger partial charge is 0.431 e. The summed E-state index contributed by atoms with van der Waals surface area (Å²) < 4.78 is 25.6. The highest BCUT2D eigenvalue weighted by Crippen LogP contribution is 2.40. The van der Waals surface area contributed by atoms with E-state index in [1.54, 1.807) is 0 Å². The van der Waals surface area contributed by atoms with Crippen LogP contribution in [-0.4, -0.2) is 51.8 Å². The highest BCUT2D eigenvalue weighted by Gasteiger charge is 2.58. The van der Waals surface area contributed by atoms with Crippen molar-refractivity contribution in [3.63, 3.8) is 0 Å². The first kappa shape index (κ1) is 23.6. The number of hydrogen-bond acceptors (Lipinski definition) is 12. The summed E-state index contributed by atoms with van der Waals surface area (Å²) in [5, 5.41) is 30.8. The molecule has 1 aliphatic heterocycles. The van der Waals surface area contributed by atoms with E-state index in [4.69, 9.17) is 25.8 Å². The molecule has 0 radical (unpaired) electrons. The van der Waals surface area contributed by atoms with Gasteiger partial charge in [-0.2, -0.15) is 5.26 Å². The highest BCUT2D eigenvalue weighted by molar-refractivity contribution is 5.96. The summed E-state index contributed by atoms with van der Waals surface area (Å²) in [6, 6.07) is 4.63. The zero-order valence-corrected chi connectivity index (χ0v) is 17.3. The molecule has 0 aliphatic carbocycles. The van der Waals surface area contributed by atoms with Crippen LogP contribution < -0.4 is 17.4 Å². The van der Waals surface area contributed by atoms with Crippen molar-refractivity contribution < 1.29 is 38.1 Å². The van der Waals surface area contributed by atoms with Gasteiger partial charge < -0.3 is 44.8 Å². The monoisotopic (exact) mass is 463 g/mol. The average Bonchev–Trinajstić information content (AvgIpc) is 3.40. The molecule has 14 nitrogen and oxygen atoms in total. The van der Waals surface area contributed by atoms with Crippen molar-refractivity contribution in [3.8, 4) is 6.07 Å². The Balaban J connectivity index is 1.70. The number of aliphatic hydroxyl groups excluding tert-OH is 2. The van der Waals surface area contributed by atoms with Crippen LogP contribution in [0.4, 0.5) is 4.79 Å². The molecule has 0 amide bonds. The minimum absolute atomic E-state index is 0.00759. The third kappa shape index (κ3) is 4.32. The Morgan fingerprint density at radius 3 is 2.76 bits per heavy atom. The first-order valence-electron chi connectivity index (χ1n) is 9.40. The number of hydrogen-bond donors (Lipinski definition) is 4. The largest absolute Gasteiger partial charge is 0.519 e. The van der Waals surface area contributed by atoms with Gasteiger partial charge >= 0.3 is 12.0 Å². The predicted molar refractivity (Wildman–Crippen MR) is 108 cm³/mol. The number of aliphatic imine (C=N–C) groups is 1. The second-order valence-corrected chi connectivity index (χ2v) is 6.89. The van der Waals surface area contributed by atoms with Crippen LogP contribution in [0.3, 0.4) is 0 Å². The lowest BCUT2D eigenvalue weighted by atomic mass is 9.92. The van der Waals surface area contributed by atoms with Crippen LogP contribution in [0, 0.1) is 18.3 Å². The van der Waals surface area contributed by atoms with Crippen molar-refractivity contribution in [1.82, 2.24) is 4.68 Å². The van der Waals surface area contributed by atoms with Gasteiger partial charge in [0.05, 0.1) is 5.69 Å². The van der Waals surface area contributed by atoms with Gasteiger partial charge in [-0.3, -0.25) is 4.68 Å². The number of nitrogens with zero attached hydrogens (tertiary/aromatic N) is 3. The quantitative estimate of drug-likeness (QED) is 0.170. The van der Waals surface area contributed by atoms with E-state index in [9.17, 15) is 25.1 Å². The molecule has 0 aromatic carbocycles. The summed E-state index contributed by atoms with van der Waals surface area (Å²) in [4.78, 5) is 26.7. The van der Waals surface area contributed by atoms with E-state index in [2.05, 4.69) is 20.4 Å². The zero-order valence-electron chi connectivity index (χ0n) is 17.3. The van der Waals surface area contributed by atoms with Crippen LogP contribution in [-0.2, 0) is 26.4 Å². The van der Waals surface area contributed by atoms with Crippen LogP contribution in [0.25, 0.3) is 0 Å². The molecule has 1 aliphatic rings. The molecule has 14 heteroatoms. The molecule has 0 saturated carbocycles. The van der Waals surface area contributed by atoms with Gasteiger partial charge in [0.25, 0.3) is 0 Å². The Labute approximate surface area is 185 Å². The number of aliphatic hydroxyl groups is 2. The van der Waals surface area contributed by atoms with Crippen LogP contribution >= 0.6 is 0 Å². The van der Waals surface area contributed by atoms with E-state index in [0.717, 1.165) is 4.68 Å². The molecule has 6 N–H and O–H groups in total. The van der Waals surface area contributed by atoms with E-state index in [1.807, 2.05) is 6.07 Å². The fourth-order valence-corrected chi connectivity index (χ4v) is 3.26. The number of amidine groups is 1. The molecule has 1 fully saturated rings. The predicted octanol–water partition coefficient (Wildman–Crippen LogP) is -0.902. The third-order valence-corrected chi connectivity index (χ3v) is 4.94. The van der Waals surface area contributed by atoms with E-state index in [1.165, 1.54) is 25.3 Å². The lowest BCUT2D eigenvalue weighted by molar-refractivity contribution is -0.0730. The number of carbonyl (C=O) groups excluding carboxylic acids is 1. The van der Waals surface area contributed by atoms with Crippen LogP contribution in [0.15, 0.2) is 43.5 Å². The SMILES string of the molecule is C=CN=C(N)c1ccc([C@]2(C#N)O[C@H](COC(=O)OCc3oc(=O)oc3C)[C@@H](O)[C@H]2O)n1N. The molecule has 2 aromatic heterocycles. The van der Waals surface area contributed by atoms with Crippen LogP contribution in [0.5, 0.6) is 0 Å². The van der Waals surface area contributed by atoms with Gasteiger partial charge in [0.15, 0.2) is 18.1 Å². The van der Waals surface area contributed by atoms with E-state index in [0.29, 0.717) is 0 Å². The number of nitrogens with two attached hydrogens (primary N) is 2. The van der Waals surface area contributed by atoms with Crippen molar-refractivity contribution in [2.75, 3.05) is 12.4 Å². The summed E-state index contributed by atoms with van der Waals surface area (Å²) >= 11 is 0. The first-order chi connectivity index (χ1) is 15.6. The van der Waals surface area contributed by atoms with Crippen molar-refractivity contribution in [2.24, 2.45) is 10.7 Å². The average molecular weight is 463 g/mol. The Hall–Kier alpha value is -4.06. The fraction of sp³-hybridized carbons (Fsp3) is 0.368. The molecular formula is C19H21N5O9. The standard InChI is InChI=1S/C19H21N5O9/c1-3-23-16(21)10-4-5-13(24(10)22)19(8-20)15(26)14(25)12(33-19)7-30-17(27)29-6-11-9(2)31-18(28)32-11/h3-5,12,14-15,25-26H,1,6-7,22H2,2H3,(H2,21,23)/t12-,14-,15-,19+/m1/s1. The summed E-state index contributed by atoms with van der Waals surface area (Å²) in [5.41, 5.74) is 3.87. The van der Waals surface area contributed by atoms with Gasteiger partial charge in [0.1, 0.15) is 42.5 Å². The minimum Gasteiger partial charge on any atom is -0.431 e. The second-order valence-electron chi connectivity index (χ2n) is 6.89. The lowest BCUT2D eigenvalue weighted by Crippen LogP contribution is -2.42. The molecule has 0 spiro atoms. The van der Waals surface area contributed by atoms with Crippen molar-refractivity contribution in [1.29, 1.82) is 5.26 Å². The number of nitriles is 1. The summed E-state index contributed by atoms with van der Waals surface area (Å²) in [6.45, 7) is 3.86. The maximum atomic E-state index is 11.9. The van der Waals surface area contributed by atoms with Gasteiger partial charge in [-0.1, -0.05) is 6.58 Å². The normalized spacial score (nSPS) is 24.9.